The van der Waals surface area contributed by atoms with E-state index in [2.05, 4.69) is 5.32 Å². The van der Waals surface area contributed by atoms with Crippen LogP contribution in [-0.2, 0) is 28.9 Å². The minimum Gasteiger partial charge on any atom is -0.508 e. The molecule has 0 heterocycles. The lowest BCUT2D eigenvalue weighted by Gasteiger charge is -2.20. The van der Waals surface area contributed by atoms with Crippen LogP contribution in [0.15, 0.2) is 84.9 Å². The van der Waals surface area contributed by atoms with Crippen molar-refractivity contribution >= 4 is 5.97 Å². The Morgan fingerprint density at radius 3 is 2.18 bits per heavy atom. The second-order valence-electron chi connectivity index (χ2n) is 9.70. The molecule has 3 rings (SSSR count). The molecule has 4 N–H and O–H groups in total. The molecular weight excluding hydrogens is 478 g/mol. The first kappa shape index (κ1) is 29.1. The van der Waals surface area contributed by atoms with Crippen LogP contribution in [0.2, 0.25) is 0 Å². The molecule has 6 heteroatoms. The number of carbonyl (C=O) groups excluding carboxylic acids is 1. The maximum absolute atomic E-state index is 12.9. The maximum Gasteiger partial charge on any atom is 0.312 e. The van der Waals surface area contributed by atoms with Gasteiger partial charge in [-0.3, -0.25) is 4.79 Å². The van der Waals surface area contributed by atoms with Crippen molar-refractivity contribution < 1.29 is 24.9 Å². The van der Waals surface area contributed by atoms with Crippen LogP contribution in [0, 0.1) is 19.8 Å². The second-order valence-corrected chi connectivity index (χ2v) is 9.70. The summed E-state index contributed by atoms with van der Waals surface area (Å²) < 4.78 is 5.54. The molecule has 3 aromatic carbocycles. The van der Waals surface area contributed by atoms with Crippen molar-refractivity contribution in [1.29, 1.82) is 0 Å². The number of aryl methyl sites for hydroxylation is 2. The quantitative estimate of drug-likeness (QED) is 0.187. The molecule has 0 aromatic heterocycles. The summed E-state index contributed by atoms with van der Waals surface area (Å²) in [5.41, 5.74) is 5.10. The van der Waals surface area contributed by atoms with Gasteiger partial charge in [0.05, 0.1) is 24.7 Å². The first-order valence-corrected chi connectivity index (χ1v) is 13.1. The molecule has 202 valence electrons. The van der Waals surface area contributed by atoms with Gasteiger partial charge in [0.15, 0.2) is 0 Å². The lowest BCUT2D eigenvalue weighted by Crippen LogP contribution is -2.31. The van der Waals surface area contributed by atoms with Crippen molar-refractivity contribution in [2.24, 2.45) is 5.92 Å². The van der Waals surface area contributed by atoms with Gasteiger partial charge in [-0.25, -0.2) is 0 Å². The molecule has 6 nitrogen and oxygen atoms in total. The molecule has 0 fully saturated rings. The Morgan fingerprint density at radius 2 is 1.55 bits per heavy atom. The number of esters is 1. The van der Waals surface area contributed by atoms with Crippen LogP contribution >= 0.6 is 0 Å². The molecule has 0 radical (unpaired) electrons. The molecule has 3 atom stereocenters. The summed E-state index contributed by atoms with van der Waals surface area (Å²) >= 11 is 0. The van der Waals surface area contributed by atoms with E-state index in [0.717, 1.165) is 27.8 Å². The highest BCUT2D eigenvalue weighted by molar-refractivity contribution is 5.74. The van der Waals surface area contributed by atoms with Crippen LogP contribution in [0.1, 0.15) is 34.2 Å². The number of aliphatic hydroxyl groups is 2. The van der Waals surface area contributed by atoms with E-state index in [4.69, 9.17) is 4.74 Å². The molecule has 0 saturated heterocycles. The van der Waals surface area contributed by atoms with E-state index in [1.54, 1.807) is 24.3 Å². The van der Waals surface area contributed by atoms with Crippen LogP contribution < -0.4 is 5.32 Å². The SMILES string of the molecule is Cc1cc(O)cc(C)c1CNCC(O)CC=CC(O)C(Cc1ccccc1)C(=O)OCCc1ccccc1. The van der Waals surface area contributed by atoms with E-state index in [-0.39, 0.29) is 12.4 Å². The van der Waals surface area contributed by atoms with Gasteiger partial charge in [-0.1, -0.05) is 72.8 Å². The molecule has 38 heavy (non-hydrogen) atoms. The summed E-state index contributed by atoms with van der Waals surface area (Å²) in [6.45, 7) is 5.09. The Labute approximate surface area is 225 Å². The zero-order valence-corrected chi connectivity index (χ0v) is 22.2. The number of ether oxygens (including phenoxy) is 1. The smallest absolute Gasteiger partial charge is 0.312 e. The predicted octanol–water partition coefficient (Wildman–Crippen LogP) is 4.41. The molecule has 0 spiro atoms. The maximum atomic E-state index is 12.9. The number of hydrogen-bond acceptors (Lipinski definition) is 6. The normalized spacial score (nSPS) is 13.8. The van der Waals surface area contributed by atoms with Crippen molar-refractivity contribution in [2.45, 2.75) is 51.9 Å². The highest BCUT2D eigenvalue weighted by Crippen LogP contribution is 2.21. The molecule has 0 amide bonds. The highest BCUT2D eigenvalue weighted by atomic mass is 16.5. The van der Waals surface area contributed by atoms with Crippen LogP contribution in [0.5, 0.6) is 5.75 Å². The molecule has 0 saturated carbocycles. The van der Waals surface area contributed by atoms with Gasteiger partial charge >= 0.3 is 5.97 Å². The third kappa shape index (κ3) is 9.45. The monoisotopic (exact) mass is 517 g/mol. The summed E-state index contributed by atoms with van der Waals surface area (Å²) in [5.74, 6) is -0.943. The lowest BCUT2D eigenvalue weighted by molar-refractivity contribution is -0.151. The first-order chi connectivity index (χ1) is 18.3. The fraction of sp³-hybridized carbons (Fsp3) is 0.344. The molecular formula is C32H39NO5. The zero-order valence-electron chi connectivity index (χ0n) is 22.2. The number of benzene rings is 3. The van der Waals surface area contributed by atoms with E-state index >= 15 is 0 Å². The van der Waals surface area contributed by atoms with Gasteiger partial charge < -0.3 is 25.4 Å². The van der Waals surface area contributed by atoms with E-state index in [1.165, 1.54) is 0 Å². The molecule has 3 aromatic rings. The minimum absolute atomic E-state index is 0.245. The van der Waals surface area contributed by atoms with Gasteiger partial charge in [-0.05, 0) is 66.6 Å². The topological polar surface area (TPSA) is 99.0 Å². The Balaban J connectivity index is 1.51. The fourth-order valence-corrected chi connectivity index (χ4v) is 4.44. The van der Waals surface area contributed by atoms with E-state index in [1.807, 2.05) is 74.5 Å². The summed E-state index contributed by atoms with van der Waals surface area (Å²) in [5, 5.41) is 34.2. The molecule has 0 aliphatic heterocycles. The Morgan fingerprint density at radius 1 is 0.947 bits per heavy atom. The number of phenolic OH excluding ortho intramolecular Hbond substituents is 1. The number of nitrogens with one attached hydrogen (secondary N) is 1. The van der Waals surface area contributed by atoms with Gasteiger partial charge in [0.1, 0.15) is 5.75 Å². The summed E-state index contributed by atoms with van der Waals surface area (Å²) in [6.07, 6.45) is 2.89. The van der Waals surface area contributed by atoms with Crippen LogP contribution in [0.25, 0.3) is 0 Å². The van der Waals surface area contributed by atoms with Crippen molar-refractivity contribution in [1.82, 2.24) is 5.32 Å². The summed E-state index contributed by atoms with van der Waals surface area (Å²) in [4.78, 5) is 12.9. The minimum atomic E-state index is -1.04. The van der Waals surface area contributed by atoms with Crippen LogP contribution in [-0.4, -0.2) is 46.6 Å². The van der Waals surface area contributed by atoms with Gasteiger partial charge in [0.25, 0.3) is 0 Å². The summed E-state index contributed by atoms with van der Waals surface area (Å²) in [7, 11) is 0. The fourth-order valence-electron chi connectivity index (χ4n) is 4.44. The number of carbonyl (C=O) groups is 1. The summed E-state index contributed by atoms with van der Waals surface area (Å²) in [6, 6.07) is 22.8. The van der Waals surface area contributed by atoms with Crippen molar-refractivity contribution in [3.8, 4) is 5.75 Å². The predicted molar refractivity (Wildman–Crippen MR) is 150 cm³/mol. The number of aliphatic hydroxyl groups excluding tert-OH is 2. The van der Waals surface area contributed by atoms with Crippen LogP contribution in [0.3, 0.4) is 0 Å². The van der Waals surface area contributed by atoms with Crippen LogP contribution in [0.4, 0.5) is 0 Å². The number of rotatable bonds is 14. The van der Waals surface area contributed by atoms with Crippen molar-refractivity contribution in [3.63, 3.8) is 0 Å². The molecule has 0 bridgehead atoms. The third-order valence-electron chi connectivity index (χ3n) is 6.60. The van der Waals surface area contributed by atoms with Gasteiger partial charge in [0.2, 0.25) is 0 Å². The van der Waals surface area contributed by atoms with E-state index < -0.39 is 24.1 Å². The zero-order chi connectivity index (χ0) is 27.3. The highest BCUT2D eigenvalue weighted by Gasteiger charge is 2.27. The van der Waals surface area contributed by atoms with E-state index in [9.17, 15) is 20.1 Å². The van der Waals surface area contributed by atoms with Gasteiger partial charge in [-0.15, -0.1) is 0 Å². The molecule has 3 unspecified atom stereocenters. The van der Waals surface area contributed by atoms with Crippen molar-refractivity contribution in [3.05, 3.63) is 113 Å². The largest absolute Gasteiger partial charge is 0.508 e. The van der Waals surface area contributed by atoms with E-state index in [0.29, 0.717) is 32.4 Å². The average molecular weight is 518 g/mol. The Bertz CT molecular complexity index is 1140. The first-order valence-electron chi connectivity index (χ1n) is 13.1. The third-order valence-corrected chi connectivity index (χ3v) is 6.60. The number of hydrogen-bond donors (Lipinski definition) is 4. The van der Waals surface area contributed by atoms with Gasteiger partial charge in [-0.2, -0.15) is 0 Å². The Hall–Kier alpha value is -3.45. The standard InChI is InChI=1S/C32H39NO5/c1-23-18-28(35)19-24(2)30(23)22-33-21-27(34)14-9-15-31(36)29(20-26-12-7-4-8-13-26)32(37)38-17-16-25-10-5-3-6-11-25/h3-13,15,18-19,27,29,31,33-36H,14,16-17,20-22H2,1-2H3. The molecule has 0 aliphatic carbocycles. The second kappa shape index (κ2) is 15.1. The Kier molecular flexibility index (Phi) is 11.6. The number of phenols is 1. The lowest BCUT2D eigenvalue weighted by atomic mass is 9.93. The molecule has 0 aliphatic rings. The number of aromatic hydroxyl groups is 1. The average Bonchev–Trinajstić information content (AvgIpc) is 2.89. The van der Waals surface area contributed by atoms with Gasteiger partial charge in [0, 0.05) is 19.5 Å². The van der Waals surface area contributed by atoms with Crippen molar-refractivity contribution in [2.75, 3.05) is 13.2 Å².